The molecule has 3 rings (SSSR count). The van der Waals surface area contributed by atoms with Crippen molar-refractivity contribution in [2.45, 2.75) is 25.0 Å². The van der Waals surface area contributed by atoms with Gasteiger partial charge in [0, 0.05) is 13.1 Å². The average molecular weight is 483 g/mol. The highest BCUT2D eigenvalue weighted by molar-refractivity contribution is 9.10. The van der Waals surface area contributed by atoms with Crippen LogP contribution in [0.5, 0.6) is 5.75 Å². The molecule has 0 bridgehead atoms. The normalized spacial score (nSPS) is 16.9. The minimum atomic E-state index is -3.68. The number of carbonyl (C=O) groups excluding carboxylic acids is 1. The molecule has 1 saturated heterocycles. The number of carbonyl (C=O) groups is 1. The molecular formula is C20H23BrN2O5S. The maximum atomic E-state index is 12.9. The number of hydrogen-bond acceptors (Lipinski definition) is 5. The van der Waals surface area contributed by atoms with E-state index in [1.807, 2.05) is 24.3 Å². The molecule has 1 amide bonds. The Morgan fingerprint density at radius 1 is 1.14 bits per heavy atom. The number of rotatable bonds is 8. The predicted molar refractivity (Wildman–Crippen MR) is 112 cm³/mol. The molecule has 0 aromatic heterocycles. The number of amides is 1. The number of nitrogens with zero attached hydrogens (tertiary/aromatic N) is 2. The lowest BCUT2D eigenvalue weighted by Gasteiger charge is -2.33. The second-order valence-electron chi connectivity index (χ2n) is 6.84. The molecule has 2 aromatic carbocycles. The van der Waals surface area contributed by atoms with Crippen molar-refractivity contribution in [2.75, 3.05) is 18.8 Å². The van der Waals surface area contributed by atoms with Crippen LogP contribution in [-0.2, 0) is 14.8 Å². The number of hydrogen-bond donors (Lipinski definition) is 1. The van der Waals surface area contributed by atoms with Crippen LogP contribution in [0.15, 0.2) is 59.1 Å². The van der Waals surface area contributed by atoms with E-state index in [4.69, 9.17) is 4.74 Å². The van der Waals surface area contributed by atoms with E-state index >= 15 is 0 Å². The quantitative estimate of drug-likeness (QED) is 0.354. The first kappa shape index (κ1) is 21.8. The summed E-state index contributed by atoms with van der Waals surface area (Å²) in [6.45, 7) is 0.650. The van der Waals surface area contributed by atoms with E-state index in [0.717, 1.165) is 10.2 Å². The molecular weight excluding hydrogens is 460 g/mol. The lowest BCUT2D eigenvalue weighted by Crippen LogP contribution is -2.44. The summed E-state index contributed by atoms with van der Waals surface area (Å²) in [6.07, 6.45) is 1.28. The lowest BCUT2D eigenvalue weighted by molar-refractivity contribution is -0.159. The second-order valence-corrected chi connectivity index (χ2v) is 9.71. The minimum Gasteiger partial charge on any atom is -0.489 e. The Kier molecular flexibility index (Phi) is 7.28. The molecule has 1 heterocycles. The van der Waals surface area contributed by atoms with Crippen LogP contribution in [0, 0.1) is 0 Å². The fraction of sp³-hybridized carbons (Fsp3) is 0.350. The molecule has 0 radical (unpaired) electrons. The molecule has 7 nitrogen and oxygen atoms in total. The Labute approximate surface area is 179 Å². The van der Waals surface area contributed by atoms with Gasteiger partial charge in [0.2, 0.25) is 16.4 Å². The van der Waals surface area contributed by atoms with Crippen molar-refractivity contribution in [3.05, 3.63) is 64.6 Å². The van der Waals surface area contributed by atoms with Crippen molar-refractivity contribution in [3.63, 3.8) is 0 Å². The Bertz CT molecular complexity index is 917. The van der Waals surface area contributed by atoms with Gasteiger partial charge in [0.1, 0.15) is 11.9 Å². The smallest absolute Gasteiger partial charge is 0.233 e. The van der Waals surface area contributed by atoms with E-state index < -0.39 is 16.1 Å². The van der Waals surface area contributed by atoms with E-state index in [9.17, 15) is 18.4 Å². The SMILES string of the molecule is O=CN(O)C(CS(=O)(=O)N1CCC(Oc2ccccc2Br)CC1)c1ccccc1. The molecule has 1 unspecified atom stereocenters. The highest BCUT2D eigenvalue weighted by Crippen LogP contribution is 2.28. The summed E-state index contributed by atoms with van der Waals surface area (Å²) in [6, 6.07) is 15.2. The first-order valence-electron chi connectivity index (χ1n) is 9.27. The van der Waals surface area contributed by atoms with Crippen LogP contribution in [0.2, 0.25) is 0 Å². The molecule has 156 valence electrons. The van der Waals surface area contributed by atoms with Crippen LogP contribution in [-0.4, -0.2) is 54.3 Å². The van der Waals surface area contributed by atoms with Crippen LogP contribution in [0.4, 0.5) is 0 Å². The Morgan fingerprint density at radius 2 is 1.76 bits per heavy atom. The number of para-hydroxylation sites is 1. The van der Waals surface area contributed by atoms with Gasteiger partial charge in [-0.25, -0.2) is 17.8 Å². The zero-order chi connectivity index (χ0) is 20.9. The highest BCUT2D eigenvalue weighted by atomic mass is 79.9. The second kappa shape index (κ2) is 9.71. The molecule has 2 aromatic rings. The molecule has 0 saturated carbocycles. The maximum absolute atomic E-state index is 12.9. The summed E-state index contributed by atoms with van der Waals surface area (Å²) < 4.78 is 34.1. The molecule has 1 atom stereocenters. The standard InChI is InChI=1S/C20H23BrN2O5S/c21-18-8-4-5-9-20(18)28-17-10-12-22(13-11-17)29(26,27)14-19(23(25)15-24)16-6-2-1-3-7-16/h1-9,15,17,19,25H,10-14H2. The van der Waals surface area contributed by atoms with E-state index in [2.05, 4.69) is 15.9 Å². The Morgan fingerprint density at radius 3 is 2.38 bits per heavy atom. The largest absolute Gasteiger partial charge is 0.489 e. The molecule has 1 aliphatic rings. The van der Waals surface area contributed by atoms with Crippen LogP contribution in [0.1, 0.15) is 24.4 Å². The van der Waals surface area contributed by atoms with Gasteiger partial charge in [-0.3, -0.25) is 10.0 Å². The fourth-order valence-electron chi connectivity index (χ4n) is 3.33. The van der Waals surface area contributed by atoms with Crippen molar-refractivity contribution < 1.29 is 23.2 Å². The van der Waals surface area contributed by atoms with Gasteiger partial charge in [0.25, 0.3) is 0 Å². The molecule has 1 aliphatic heterocycles. The van der Waals surface area contributed by atoms with E-state index in [0.29, 0.717) is 36.6 Å². The molecule has 1 N–H and O–H groups in total. The number of ether oxygens (including phenoxy) is 1. The number of benzene rings is 2. The van der Waals surface area contributed by atoms with E-state index in [1.54, 1.807) is 30.3 Å². The van der Waals surface area contributed by atoms with Gasteiger partial charge in [-0.2, -0.15) is 0 Å². The van der Waals surface area contributed by atoms with Gasteiger partial charge in [-0.05, 0) is 46.5 Å². The van der Waals surface area contributed by atoms with E-state index in [1.165, 1.54) is 4.31 Å². The number of halogens is 1. The van der Waals surface area contributed by atoms with Gasteiger partial charge < -0.3 is 4.74 Å². The summed E-state index contributed by atoms with van der Waals surface area (Å²) in [7, 11) is -3.68. The summed E-state index contributed by atoms with van der Waals surface area (Å²) in [5.74, 6) is 0.349. The highest BCUT2D eigenvalue weighted by Gasteiger charge is 2.33. The van der Waals surface area contributed by atoms with Crippen molar-refractivity contribution in [1.29, 1.82) is 0 Å². The third kappa shape index (κ3) is 5.57. The molecule has 0 spiro atoms. The van der Waals surface area contributed by atoms with Gasteiger partial charge in [-0.1, -0.05) is 42.5 Å². The summed E-state index contributed by atoms with van der Waals surface area (Å²) in [5, 5.41) is 10.3. The summed E-state index contributed by atoms with van der Waals surface area (Å²) in [4.78, 5) is 11.1. The van der Waals surface area contributed by atoms with Crippen molar-refractivity contribution in [2.24, 2.45) is 0 Å². The topological polar surface area (TPSA) is 87.2 Å². The van der Waals surface area contributed by atoms with Gasteiger partial charge >= 0.3 is 0 Å². The number of sulfonamides is 1. The van der Waals surface area contributed by atoms with Crippen LogP contribution in [0.3, 0.4) is 0 Å². The lowest BCUT2D eigenvalue weighted by atomic mass is 10.1. The van der Waals surface area contributed by atoms with Crippen LogP contribution < -0.4 is 4.74 Å². The molecule has 0 aliphatic carbocycles. The maximum Gasteiger partial charge on any atom is 0.233 e. The van der Waals surface area contributed by atoms with Gasteiger partial charge in [0.15, 0.2) is 0 Å². The summed E-state index contributed by atoms with van der Waals surface area (Å²) >= 11 is 3.45. The van der Waals surface area contributed by atoms with Gasteiger partial charge in [0.05, 0.1) is 16.3 Å². The third-order valence-electron chi connectivity index (χ3n) is 4.90. The number of piperidine rings is 1. The third-order valence-corrected chi connectivity index (χ3v) is 7.45. The van der Waals surface area contributed by atoms with Crippen molar-refractivity contribution in [1.82, 2.24) is 9.37 Å². The fourth-order valence-corrected chi connectivity index (χ4v) is 5.43. The van der Waals surface area contributed by atoms with Crippen LogP contribution >= 0.6 is 15.9 Å². The zero-order valence-electron chi connectivity index (χ0n) is 15.7. The Hall–Kier alpha value is -1.94. The van der Waals surface area contributed by atoms with Crippen molar-refractivity contribution >= 4 is 32.4 Å². The van der Waals surface area contributed by atoms with Gasteiger partial charge in [-0.15, -0.1) is 0 Å². The molecule has 1 fully saturated rings. The number of hydroxylamine groups is 2. The first-order valence-corrected chi connectivity index (χ1v) is 11.7. The Balaban J connectivity index is 1.64. The van der Waals surface area contributed by atoms with Crippen molar-refractivity contribution in [3.8, 4) is 5.75 Å². The molecule has 29 heavy (non-hydrogen) atoms. The summed E-state index contributed by atoms with van der Waals surface area (Å²) in [5.41, 5.74) is 0.554. The predicted octanol–water partition coefficient (Wildman–Crippen LogP) is 3.21. The zero-order valence-corrected chi connectivity index (χ0v) is 18.1. The minimum absolute atomic E-state index is 0.0746. The first-order chi connectivity index (χ1) is 13.9. The monoisotopic (exact) mass is 482 g/mol. The van der Waals surface area contributed by atoms with Crippen LogP contribution in [0.25, 0.3) is 0 Å². The van der Waals surface area contributed by atoms with E-state index in [-0.39, 0.29) is 18.3 Å². The molecule has 9 heteroatoms. The average Bonchev–Trinajstić information content (AvgIpc) is 2.74.